The monoisotopic (exact) mass is 484 g/mol. The van der Waals surface area contributed by atoms with Crippen molar-refractivity contribution < 1.29 is 4.42 Å². The van der Waals surface area contributed by atoms with Crippen LogP contribution in [0.2, 0.25) is 0 Å². The van der Waals surface area contributed by atoms with Crippen LogP contribution in [0.25, 0.3) is 76.2 Å². The predicted octanol–water partition coefficient (Wildman–Crippen LogP) is 10.5. The zero-order chi connectivity index (χ0) is 25.2. The Hall–Kier alpha value is -4.62. The molecule has 0 unspecified atom stereocenters. The average Bonchev–Trinajstić information content (AvgIpc) is 3.43. The molecule has 1 nitrogen and oxygen atoms in total. The molecule has 0 fully saturated rings. The lowest BCUT2D eigenvalue weighted by molar-refractivity contribution is 0.647. The van der Waals surface area contributed by atoms with Crippen LogP contribution >= 0.6 is 0 Å². The van der Waals surface area contributed by atoms with Gasteiger partial charge in [0.05, 0.1) is 0 Å². The second-order valence-corrected chi connectivity index (χ2v) is 11.3. The molecule has 0 bridgehead atoms. The molecule has 1 aliphatic carbocycles. The molecule has 178 valence electrons. The Balaban J connectivity index is 1.56. The third-order valence-electron chi connectivity index (χ3n) is 9.03. The first kappa shape index (κ1) is 20.4. The number of hydrogen-bond donors (Lipinski definition) is 0. The van der Waals surface area contributed by atoms with E-state index in [1.165, 1.54) is 76.1 Å². The van der Waals surface area contributed by atoms with Crippen molar-refractivity contribution in [2.24, 2.45) is 0 Å². The number of fused-ring (bicyclic) bond motifs is 15. The van der Waals surface area contributed by atoms with Gasteiger partial charge in [-0.15, -0.1) is 0 Å². The van der Waals surface area contributed by atoms with E-state index in [0.29, 0.717) is 0 Å². The molecule has 0 atom stereocenters. The van der Waals surface area contributed by atoms with Crippen molar-refractivity contribution in [2.75, 3.05) is 0 Å². The van der Waals surface area contributed by atoms with Crippen molar-refractivity contribution in [3.63, 3.8) is 0 Å². The van der Waals surface area contributed by atoms with Gasteiger partial charge in [-0.1, -0.05) is 98.8 Å². The summed E-state index contributed by atoms with van der Waals surface area (Å²) in [6.07, 6.45) is 0. The summed E-state index contributed by atoms with van der Waals surface area (Å²) in [6.45, 7) is 4.65. The Bertz CT molecular complexity index is 2310. The maximum Gasteiger partial charge on any atom is 0.136 e. The third-order valence-corrected chi connectivity index (χ3v) is 9.03. The van der Waals surface area contributed by atoms with E-state index in [0.717, 1.165) is 11.2 Å². The minimum Gasteiger partial charge on any atom is -0.456 e. The lowest BCUT2D eigenvalue weighted by Gasteiger charge is -2.21. The molecule has 1 aliphatic rings. The summed E-state index contributed by atoms with van der Waals surface area (Å²) in [7, 11) is 0. The first-order chi connectivity index (χ1) is 18.6. The van der Waals surface area contributed by atoms with Gasteiger partial charge in [0, 0.05) is 21.6 Å². The van der Waals surface area contributed by atoms with Crippen molar-refractivity contribution >= 4 is 65.0 Å². The van der Waals surface area contributed by atoms with Gasteiger partial charge in [0.15, 0.2) is 0 Å². The van der Waals surface area contributed by atoms with Crippen LogP contribution < -0.4 is 0 Å². The highest BCUT2D eigenvalue weighted by molar-refractivity contribution is 6.38. The lowest BCUT2D eigenvalue weighted by Crippen LogP contribution is -2.14. The smallest absolute Gasteiger partial charge is 0.136 e. The van der Waals surface area contributed by atoms with Crippen molar-refractivity contribution in [2.45, 2.75) is 19.3 Å². The molecular weight excluding hydrogens is 460 g/mol. The predicted molar refractivity (Wildman–Crippen MR) is 161 cm³/mol. The maximum atomic E-state index is 6.65. The van der Waals surface area contributed by atoms with Crippen LogP contribution in [0.3, 0.4) is 0 Å². The topological polar surface area (TPSA) is 13.1 Å². The van der Waals surface area contributed by atoms with Gasteiger partial charge in [-0.25, -0.2) is 0 Å². The summed E-state index contributed by atoms with van der Waals surface area (Å²) < 4.78 is 6.65. The highest BCUT2D eigenvalue weighted by Gasteiger charge is 2.36. The Labute approximate surface area is 219 Å². The molecule has 0 N–H and O–H groups in total. The maximum absolute atomic E-state index is 6.65. The fraction of sp³-hybridized carbons (Fsp3) is 0.0811. The summed E-state index contributed by atoms with van der Waals surface area (Å²) in [4.78, 5) is 0. The van der Waals surface area contributed by atoms with Gasteiger partial charge in [0.2, 0.25) is 0 Å². The van der Waals surface area contributed by atoms with Gasteiger partial charge in [0.25, 0.3) is 0 Å². The van der Waals surface area contributed by atoms with E-state index >= 15 is 0 Å². The van der Waals surface area contributed by atoms with Crippen LogP contribution in [-0.2, 0) is 5.41 Å². The van der Waals surface area contributed by atoms with E-state index < -0.39 is 0 Å². The van der Waals surface area contributed by atoms with Crippen molar-refractivity contribution in [3.8, 4) is 11.1 Å². The van der Waals surface area contributed by atoms with Crippen molar-refractivity contribution in [1.82, 2.24) is 0 Å². The Morgan fingerprint density at radius 1 is 0.447 bits per heavy atom. The first-order valence-electron chi connectivity index (χ1n) is 13.4. The highest BCUT2D eigenvalue weighted by atomic mass is 16.3. The standard InChI is InChI=1S/C37H24O/c1-37(2)30-14-8-7-13-25(30)28-19-29-33(20-31(28)37)38-32-18-17-27-24-12-6-5-11-23(24)26-16-15-21-9-3-4-10-22(21)34(26)36(27)35(29)32/h3-20H,1-2H3. The second kappa shape index (κ2) is 6.82. The van der Waals surface area contributed by atoms with Crippen LogP contribution in [0.4, 0.5) is 0 Å². The molecule has 1 heterocycles. The number of rotatable bonds is 0. The summed E-state index contributed by atoms with van der Waals surface area (Å²) in [5.41, 5.74) is 7.26. The van der Waals surface area contributed by atoms with Crippen molar-refractivity contribution in [3.05, 3.63) is 120 Å². The largest absolute Gasteiger partial charge is 0.456 e. The molecule has 1 aromatic heterocycles. The lowest BCUT2D eigenvalue weighted by atomic mass is 9.82. The van der Waals surface area contributed by atoms with E-state index in [9.17, 15) is 0 Å². The summed E-state index contributed by atoms with van der Waals surface area (Å²) >= 11 is 0. The molecule has 1 heteroatoms. The molecule has 7 aromatic carbocycles. The van der Waals surface area contributed by atoms with Gasteiger partial charge in [-0.2, -0.15) is 0 Å². The van der Waals surface area contributed by atoms with Crippen molar-refractivity contribution in [1.29, 1.82) is 0 Å². The van der Waals surface area contributed by atoms with Gasteiger partial charge in [-0.05, 0) is 84.2 Å². The van der Waals surface area contributed by atoms with Gasteiger partial charge in [0.1, 0.15) is 11.2 Å². The molecule has 38 heavy (non-hydrogen) atoms. The molecule has 0 aliphatic heterocycles. The number of hydrogen-bond acceptors (Lipinski definition) is 1. The fourth-order valence-corrected chi connectivity index (χ4v) is 7.26. The normalized spacial score (nSPS) is 14.3. The minimum atomic E-state index is -0.0553. The molecule has 0 amide bonds. The van der Waals surface area contributed by atoms with E-state index in [1.54, 1.807) is 0 Å². The Morgan fingerprint density at radius 2 is 1.13 bits per heavy atom. The van der Waals surface area contributed by atoms with E-state index in [-0.39, 0.29) is 5.41 Å². The van der Waals surface area contributed by atoms with Gasteiger partial charge >= 0.3 is 0 Å². The molecule has 8 aromatic rings. The molecule has 0 radical (unpaired) electrons. The molecule has 9 rings (SSSR count). The van der Waals surface area contributed by atoms with E-state index in [1.807, 2.05) is 0 Å². The van der Waals surface area contributed by atoms with Gasteiger partial charge in [-0.3, -0.25) is 0 Å². The van der Waals surface area contributed by atoms with Crippen LogP contribution in [0.5, 0.6) is 0 Å². The molecule has 0 saturated carbocycles. The molecule has 0 saturated heterocycles. The number of furan rings is 1. The highest BCUT2D eigenvalue weighted by Crippen LogP contribution is 2.52. The van der Waals surface area contributed by atoms with Crippen LogP contribution in [-0.4, -0.2) is 0 Å². The summed E-state index contributed by atoms with van der Waals surface area (Å²) in [5, 5.41) is 12.7. The van der Waals surface area contributed by atoms with Gasteiger partial charge < -0.3 is 4.42 Å². The van der Waals surface area contributed by atoms with Crippen LogP contribution in [0.15, 0.2) is 114 Å². The van der Waals surface area contributed by atoms with E-state index in [2.05, 4.69) is 123 Å². The second-order valence-electron chi connectivity index (χ2n) is 11.3. The fourth-order valence-electron chi connectivity index (χ4n) is 7.26. The SMILES string of the molecule is CC1(C)c2ccccc2-c2cc3c(cc21)oc1ccc2c4ccccc4c4ccc5ccccc5c4c2c13. The Morgan fingerprint density at radius 3 is 1.97 bits per heavy atom. The van der Waals surface area contributed by atoms with Crippen LogP contribution in [0.1, 0.15) is 25.0 Å². The first-order valence-corrected chi connectivity index (χ1v) is 13.4. The zero-order valence-corrected chi connectivity index (χ0v) is 21.3. The minimum absolute atomic E-state index is 0.0553. The number of benzene rings is 7. The van der Waals surface area contributed by atoms with Crippen LogP contribution in [0, 0.1) is 0 Å². The quantitative estimate of drug-likeness (QED) is 0.195. The molecular formula is C37H24O. The summed E-state index contributed by atoms with van der Waals surface area (Å²) in [6, 6.07) is 40.1. The third kappa shape index (κ3) is 2.38. The van der Waals surface area contributed by atoms with E-state index in [4.69, 9.17) is 4.42 Å². The zero-order valence-electron chi connectivity index (χ0n) is 21.3. The average molecular weight is 485 g/mol. The molecule has 0 spiro atoms. The summed E-state index contributed by atoms with van der Waals surface area (Å²) in [5.74, 6) is 0. The Kier molecular flexibility index (Phi) is 3.67.